The molecule has 24 heavy (non-hydrogen) atoms. The van der Waals surface area contributed by atoms with Crippen LogP contribution in [0.2, 0.25) is 0 Å². The van der Waals surface area contributed by atoms with Gasteiger partial charge >= 0.3 is 0 Å². The van der Waals surface area contributed by atoms with Crippen molar-refractivity contribution in [1.29, 1.82) is 0 Å². The lowest BCUT2D eigenvalue weighted by Crippen LogP contribution is -2.46. The van der Waals surface area contributed by atoms with Gasteiger partial charge in [-0.25, -0.2) is 4.98 Å². The molecule has 0 spiro atoms. The first-order chi connectivity index (χ1) is 11.8. The molecule has 124 valence electrons. The number of carbonyl (C=O) groups excluding carboxylic acids is 1. The Morgan fingerprint density at radius 1 is 1.12 bits per heavy atom. The quantitative estimate of drug-likeness (QED) is 0.807. The van der Waals surface area contributed by atoms with Crippen molar-refractivity contribution in [1.82, 2.24) is 14.9 Å². The molecule has 2 aliphatic rings. The molecule has 0 bridgehead atoms. The second-order valence-corrected chi connectivity index (χ2v) is 6.40. The van der Waals surface area contributed by atoms with Crippen LogP contribution in [0, 0.1) is 0 Å². The van der Waals surface area contributed by atoms with Crippen LogP contribution in [-0.4, -0.2) is 53.5 Å². The number of hydrogen-bond acceptors (Lipinski definition) is 5. The van der Waals surface area contributed by atoms with Gasteiger partial charge in [0, 0.05) is 44.1 Å². The normalized spacial score (nSPS) is 20.2. The van der Waals surface area contributed by atoms with Gasteiger partial charge in [-0.15, -0.1) is 0 Å². The molecule has 6 heteroatoms. The maximum atomic E-state index is 10.9. The summed E-state index contributed by atoms with van der Waals surface area (Å²) in [7, 11) is 0. The lowest BCUT2D eigenvalue weighted by molar-refractivity contribution is -0.118. The van der Waals surface area contributed by atoms with Crippen molar-refractivity contribution >= 4 is 23.9 Å². The number of anilines is 3. The average Bonchev–Trinajstić information content (AvgIpc) is 2.97. The molecule has 4 rings (SSSR count). The Hall–Kier alpha value is -2.63. The van der Waals surface area contributed by atoms with Gasteiger partial charge in [0.25, 0.3) is 0 Å². The number of amides is 1. The molecular weight excluding hydrogens is 302 g/mol. The van der Waals surface area contributed by atoms with Crippen molar-refractivity contribution < 1.29 is 4.79 Å². The molecule has 1 unspecified atom stereocenters. The van der Waals surface area contributed by atoms with Gasteiger partial charge in [-0.05, 0) is 31.0 Å². The molecule has 1 aromatic carbocycles. The maximum Gasteiger partial charge on any atom is 0.227 e. The summed E-state index contributed by atoms with van der Waals surface area (Å²) in [4.78, 5) is 26.3. The van der Waals surface area contributed by atoms with Gasteiger partial charge < -0.3 is 14.7 Å². The Morgan fingerprint density at radius 2 is 1.92 bits per heavy atom. The second-order valence-electron chi connectivity index (χ2n) is 6.40. The molecule has 3 heterocycles. The summed E-state index contributed by atoms with van der Waals surface area (Å²) in [5.74, 6) is 1.69. The molecule has 0 radical (unpaired) electrons. The van der Waals surface area contributed by atoms with E-state index in [2.05, 4.69) is 46.0 Å². The van der Waals surface area contributed by atoms with Crippen LogP contribution in [0.15, 0.2) is 36.5 Å². The first-order valence-corrected chi connectivity index (χ1v) is 8.41. The van der Waals surface area contributed by atoms with Gasteiger partial charge in [0.2, 0.25) is 12.4 Å². The molecule has 1 amide bonds. The van der Waals surface area contributed by atoms with Gasteiger partial charge in [-0.1, -0.05) is 18.2 Å². The Kier molecular flexibility index (Phi) is 3.80. The molecule has 6 nitrogen and oxygen atoms in total. The van der Waals surface area contributed by atoms with Crippen LogP contribution in [0.1, 0.15) is 12.5 Å². The molecule has 0 aliphatic carbocycles. The highest BCUT2D eigenvalue weighted by Crippen LogP contribution is 2.37. The molecule has 1 fully saturated rings. The fourth-order valence-corrected chi connectivity index (χ4v) is 3.57. The number of rotatable bonds is 3. The zero-order valence-electron chi connectivity index (χ0n) is 13.8. The van der Waals surface area contributed by atoms with E-state index in [1.165, 1.54) is 11.3 Å². The van der Waals surface area contributed by atoms with Gasteiger partial charge in [-0.3, -0.25) is 4.79 Å². The van der Waals surface area contributed by atoms with Crippen LogP contribution < -0.4 is 9.80 Å². The Balaban J connectivity index is 1.61. The molecule has 0 saturated carbocycles. The number of para-hydroxylation sites is 1. The van der Waals surface area contributed by atoms with E-state index in [0.717, 1.165) is 50.8 Å². The highest BCUT2D eigenvalue weighted by atomic mass is 16.1. The molecule has 1 saturated heterocycles. The van der Waals surface area contributed by atoms with E-state index in [9.17, 15) is 4.79 Å². The van der Waals surface area contributed by atoms with E-state index in [1.807, 2.05) is 12.3 Å². The fourth-order valence-electron chi connectivity index (χ4n) is 3.57. The first kappa shape index (κ1) is 14.9. The SMILES string of the molecule is CC1Cc2ccccc2N1c1ccnc(N2CCN(C=O)CC2)n1. The van der Waals surface area contributed by atoms with Gasteiger partial charge in [0.1, 0.15) is 5.82 Å². The van der Waals surface area contributed by atoms with Crippen molar-refractivity contribution in [3.63, 3.8) is 0 Å². The summed E-state index contributed by atoms with van der Waals surface area (Å²) in [5, 5.41) is 0. The van der Waals surface area contributed by atoms with Gasteiger partial charge in [0.05, 0.1) is 0 Å². The Morgan fingerprint density at radius 3 is 2.71 bits per heavy atom. The van der Waals surface area contributed by atoms with Crippen LogP contribution in [0.3, 0.4) is 0 Å². The monoisotopic (exact) mass is 323 g/mol. The summed E-state index contributed by atoms with van der Waals surface area (Å²) >= 11 is 0. The van der Waals surface area contributed by atoms with E-state index in [0.29, 0.717) is 6.04 Å². The van der Waals surface area contributed by atoms with E-state index < -0.39 is 0 Å². The largest absolute Gasteiger partial charge is 0.342 e. The molecule has 2 aliphatic heterocycles. The summed E-state index contributed by atoms with van der Waals surface area (Å²) in [6, 6.07) is 10.9. The fraction of sp³-hybridized carbons (Fsp3) is 0.389. The lowest BCUT2D eigenvalue weighted by atomic mass is 10.1. The third-order valence-corrected chi connectivity index (χ3v) is 4.83. The first-order valence-electron chi connectivity index (χ1n) is 8.41. The number of nitrogens with zero attached hydrogens (tertiary/aromatic N) is 5. The predicted octanol–water partition coefficient (Wildman–Crippen LogP) is 1.84. The standard InChI is InChI=1S/C18H21N5O/c1-14-12-15-4-2-3-5-16(15)23(14)17-6-7-19-18(20-17)22-10-8-21(13-24)9-11-22/h2-7,13-14H,8-12H2,1H3. The van der Waals surface area contributed by atoms with Crippen molar-refractivity contribution in [3.05, 3.63) is 42.1 Å². The van der Waals surface area contributed by atoms with Crippen molar-refractivity contribution in [2.45, 2.75) is 19.4 Å². The minimum absolute atomic E-state index is 0.386. The van der Waals surface area contributed by atoms with E-state index >= 15 is 0 Å². The summed E-state index contributed by atoms with van der Waals surface area (Å²) in [6.07, 6.45) is 3.78. The maximum absolute atomic E-state index is 10.9. The minimum atomic E-state index is 0.386. The van der Waals surface area contributed by atoms with Crippen LogP contribution in [0.25, 0.3) is 0 Å². The number of fused-ring (bicyclic) bond motifs is 1. The Bertz CT molecular complexity index is 742. The number of piperazine rings is 1. The van der Waals surface area contributed by atoms with Crippen LogP contribution in [-0.2, 0) is 11.2 Å². The molecule has 0 N–H and O–H groups in total. The second kappa shape index (κ2) is 6.11. The molecule has 1 aromatic heterocycles. The third-order valence-electron chi connectivity index (χ3n) is 4.83. The summed E-state index contributed by atoms with van der Waals surface area (Å²) in [6.45, 7) is 5.22. The Labute approximate surface area is 141 Å². The predicted molar refractivity (Wildman–Crippen MR) is 93.6 cm³/mol. The van der Waals surface area contributed by atoms with Crippen molar-refractivity contribution in [2.75, 3.05) is 36.0 Å². The van der Waals surface area contributed by atoms with Crippen LogP contribution in [0.5, 0.6) is 0 Å². The third kappa shape index (κ3) is 2.58. The minimum Gasteiger partial charge on any atom is -0.342 e. The zero-order valence-corrected chi connectivity index (χ0v) is 13.8. The topological polar surface area (TPSA) is 52.6 Å². The zero-order chi connectivity index (χ0) is 16.5. The molecule has 2 aromatic rings. The van der Waals surface area contributed by atoms with Crippen molar-refractivity contribution in [2.24, 2.45) is 0 Å². The van der Waals surface area contributed by atoms with Crippen molar-refractivity contribution in [3.8, 4) is 0 Å². The number of benzene rings is 1. The highest BCUT2D eigenvalue weighted by molar-refractivity contribution is 5.69. The lowest BCUT2D eigenvalue weighted by Gasteiger charge is -2.33. The highest BCUT2D eigenvalue weighted by Gasteiger charge is 2.28. The van der Waals surface area contributed by atoms with Gasteiger partial charge in [-0.2, -0.15) is 4.98 Å². The van der Waals surface area contributed by atoms with E-state index in [1.54, 1.807) is 4.90 Å². The number of aromatic nitrogens is 2. The molecular formula is C18H21N5O. The van der Waals surface area contributed by atoms with Gasteiger partial charge in [0.15, 0.2) is 0 Å². The number of carbonyl (C=O) groups is 1. The summed E-state index contributed by atoms with van der Waals surface area (Å²) in [5.41, 5.74) is 2.60. The van der Waals surface area contributed by atoms with Crippen LogP contribution >= 0.6 is 0 Å². The van der Waals surface area contributed by atoms with Crippen LogP contribution in [0.4, 0.5) is 17.5 Å². The van der Waals surface area contributed by atoms with E-state index in [-0.39, 0.29) is 0 Å². The average molecular weight is 323 g/mol. The van der Waals surface area contributed by atoms with E-state index in [4.69, 9.17) is 4.98 Å². The summed E-state index contributed by atoms with van der Waals surface area (Å²) < 4.78 is 0. The smallest absolute Gasteiger partial charge is 0.227 e. The number of hydrogen-bond donors (Lipinski definition) is 0. The molecule has 1 atom stereocenters.